The van der Waals surface area contributed by atoms with Crippen LogP contribution in [-0.4, -0.2) is 16.0 Å². The lowest BCUT2D eigenvalue weighted by Crippen LogP contribution is -2.19. The number of hydrogen-bond acceptors (Lipinski definition) is 3. The van der Waals surface area contributed by atoms with Gasteiger partial charge in [0.05, 0.1) is 5.60 Å². The second-order valence-corrected chi connectivity index (χ2v) is 5.10. The van der Waals surface area contributed by atoms with Crippen LogP contribution in [0.3, 0.4) is 0 Å². The van der Waals surface area contributed by atoms with Crippen molar-refractivity contribution in [2.24, 2.45) is 0 Å². The van der Waals surface area contributed by atoms with Crippen LogP contribution in [-0.2, 0) is 13.9 Å². The molecule has 0 rings (SSSR count). The normalized spacial score (nSPS) is 17.5. The van der Waals surface area contributed by atoms with Crippen LogP contribution in [0.5, 0.6) is 0 Å². The van der Waals surface area contributed by atoms with Crippen LogP contribution >= 0.6 is 7.60 Å². The van der Waals surface area contributed by atoms with Gasteiger partial charge in [-0.15, -0.1) is 0 Å². The zero-order chi connectivity index (χ0) is 9.28. The van der Waals surface area contributed by atoms with Gasteiger partial charge in [0.15, 0.2) is 0 Å². The van der Waals surface area contributed by atoms with E-state index in [0.717, 1.165) is 6.92 Å². The largest absolute Gasteiger partial charge is 0.394 e. The zero-order valence-corrected chi connectivity index (χ0v) is 8.01. The monoisotopic (exact) mass is 180 g/mol. The Hall–Kier alpha value is -0.180. The molecule has 0 amide bonds. The minimum Gasteiger partial charge on any atom is -0.319 e. The van der Waals surface area contributed by atoms with E-state index >= 15 is 0 Å². The molecule has 66 valence electrons. The van der Waals surface area contributed by atoms with Crippen LogP contribution in [0, 0.1) is 0 Å². The lowest BCUT2D eigenvalue weighted by atomic mass is 10.2. The van der Waals surface area contributed by atoms with Gasteiger partial charge in [-0.3, -0.25) is 13.9 Å². The molecule has 0 aromatic carbocycles. The van der Waals surface area contributed by atoms with Crippen molar-refractivity contribution in [3.63, 3.8) is 0 Å². The number of carbonyl (C=O) groups is 1. The third-order valence-electron chi connectivity index (χ3n) is 0.796. The van der Waals surface area contributed by atoms with E-state index in [9.17, 15) is 9.36 Å². The third-order valence-corrected chi connectivity index (χ3v) is 2.39. The Balaban J connectivity index is 4.39. The maximum Gasteiger partial charge on any atom is 0.394 e. The van der Waals surface area contributed by atoms with E-state index in [1.807, 2.05) is 0 Å². The highest BCUT2D eigenvalue weighted by Gasteiger charge is 2.31. The Morgan fingerprint density at radius 2 is 1.82 bits per heavy atom. The first kappa shape index (κ1) is 10.8. The highest BCUT2D eigenvalue weighted by molar-refractivity contribution is 7.70. The molecule has 0 aliphatic rings. The second-order valence-electron chi connectivity index (χ2n) is 3.24. The van der Waals surface area contributed by atoms with E-state index in [0.29, 0.717) is 0 Å². The van der Waals surface area contributed by atoms with Gasteiger partial charge >= 0.3 is 7.60 Å². The maximum atomic E-state index is 10.9. The molecular formula is C6H13O4P. The van der Waals surface area contributed by atoms with E-state index in [-0.39, 0.29) is 0 Å². The molecule has 4 nitrogen and oxygen atoms in total. The molecule has 0 fully saturated rings. The molecule has 0 saturated heterocycles. The van der Waals surface area contributed by atoms with E-state index < -0.39 is 18.7 Å². The average Bonchev–Trinajstić information content (AvgIpc) is 1.56. The Kier molecular flexibility index (Phi) is 3.00. The number of hydrogen-bond donors (Lipinski definition) is 1. The molecule has 0 aliphatic heterocycles. The standard InChI is InChI=1S/C6H13O4P/c1-5(7)11(8,9)10-6(2,3)4/h1-4H3,(H,8,9). The third kappa shape index (κ3) is 4.30. The number of rotatable bonds is 2. The van der Waals surface area contributed by atoms with Crippen LogP contribution < -0.4 is 0 Å². The Morgan fingerprint density at radius 3 is 1.91 bits per heavy atom. The maximum absolute atomic E-state index is 10.9. The molecule has 0 aromatic rings. The molecule has 0 aliphatic carbocycles. The summed E-state index contributed by atoms with van der Waals surface area (Å²) in [6.07, 6.45) is 0. The molecule has 0 spiro atoms. The minimum absolute atomic E-state index is 0.768. The van der Waals surface area contributed by atoms with Crippen molar-refractivity contribution in [1.82, 2.24) is 0 Å². The van der Waals surface area contributed by atoms with E-state index in [1.54, 1.807) is 20.8 Å². The minimum atomic E-state index is -4.02. The zero-order valence-electron chi connectivity index (χ0n) is 7.12. The first-order chi connectivity index (χ1) is 4.65. The predicted molar refractivity (Wildman–Crippen MR) is 41.3 cm³/mol. The molecule has 11 heavy (non-hydrogen) atoms. The highest BCUT2D eigenvalue weighted by atomic mass is 31.2. The van der Waals surface area contributed by atoms with Gasteiger partial charge in [0.2, 0.25) is 5.52 Å². The van der Waals surface area contributed by atoms with E-state index in [2.05, 4.69) is 4.52 Å². The molecular weight excluding hydrogens is 167 g/mol. The van der Waals surface area contributed by atoms with Crippen molar-refractivity contribution < 1.29 is 18.8 Å². The molecule has 1 unspecified atom stereocenters. The lowest BCUT2D eigenvalue weighted by Gasteiger charge is -2.21. The van der Waals surface area contributed by atoms with Gasteiger partial charge in [-0.1, -0.05) is 0 Å². The SMILES string of the molecule is CC(=O)P(=O)(O)OC(C)(C)C. The fourth-order valence-electron chi connectivity index (χ4n) is 0.435. The van der Waals surface area contributed by atoms with Crippen molar-refractivity contribution in [2.45, 2.75) is 33.3 Å². The van der Waals surface area contributed by atoms with Gasteiger partial charge in [0.1, 0.15) is 0 Å². The van der Waals surface area contributed by atoms with Crippen molar-refractivity contribution >= 4 is 13.1 Å². The topological polar surface area (TPSA) is 63.6 Å². The number of carbonyl (C=O) groups excluding carboxylic acids is 1. The Morgan fingerprint density at radius 1 is 1.45 bits per heavy atom. The molecule has 1 atom stereocenters. The smallest absolute Gasteiger partial charge is 0.319 e. The van der Waals surface area contributed by atoms with E-state index in [1.165, 1.54) is 0 Å². The van der Waals surface area contributed by atoms with Crippen LogP contribution in [0.15, 0.2) is 0 Å². The summed E-state index contributed by atoms with van der Waals surface area (Å²) in [7, 11) is -4.02. The molecule has 0 aromatic heterocycles. The van der Waals surface area contributed by atoms with Crippen molar-refractivity contribution in [3.8, 4) is 0 Å². The quantitative estimate of drug-likeness (QED) is 0.654. The summed E-state index contributed by atoms with van der Waals surface area (Å²) in [6, 6.07) is 0. The summed E-state index contributed by atoms with van der Waals surface area (Å²) < 4.78 is 15.6. The summed E-state index contributed by atoms with van der Waals surface area (Å²) in [5, 5.41) is 0. The molecule has 1 N–H and O–H groups in total. The van der Waals surface area contributed by atoms with Crippen molar-refractivity contribution in [2.75, 3.05) is 0 Å². The van der Waals surface area contributed by atoms with Crippen LogP contribution in [0.25, 0.3) is 0 Å². The van der Waals surface area contributed by atoms with Crippen LogP contribution in [0.1, 0.15) is 27.7 Å². The van der Waals surface area contributed by atoms with Gasteiger partial charge in [0.25, 0.3) is 0 Å². The Labute approximate surface area is 66.1 Å². The van der Waals surface area contributed by atoms with Gasteiger partial charge in [-0.2, -0.15) is 0 Å². The first-order valence-electron chi connectivity index (χ1n) is 3.20. The second kappa shape index (κ2) is 3.05. The summed E-state index contributed by atoms with van der Waals surface area (Å²) in [4.78, 5) is 19.4. The predicted octanol–water partition coefficient (Wildman–Crippen LogP) is 1.53. The summed E-state index contributed by atoms with van der Waals surface area (Å²) in [5.74, 6) is 0. The van der Waals surface area contributed by atoms with E-state index in [4.69, 9.17) is 4.89 Å². The fraction of sp³-hybridized carbons (Fsp3) is 0.833. The van der Waals surface area contributed by atoms with Crippen molar-refractivity contribution in [3.05, 3.63) is 0 Å². The molecule has 0 bridgehead atoms. The summed E-state index contributed by atoms with van der Waals surface area (Å²) >= 11 is 0. The molecule has 0 saturated carbocycles. The lowest BCUT2D eigenvalue weighted by molar-refractivity contribution is -0.112. The summed E-state index contributed by atoms with van der Waals surface area (Å²) in [6.45, 7) is 5.86. The molecule has 0 heterocycles. The molecule has 0 radical (unpaired) electrons. The average molecular weight is 180 g/mol. The summed E-state index contributed by atoms with van der Waals surface area (Å²) in [5.41, 5.74) is -1.59. The fourth-order valence-corrected chi connectivity index (χ4v) is 1.31. The van der Waals surface area contributed by atoms with Crippen molar-refractivity contribution in [1.29, 1.82) is 0 Å². The van der Waals surface area contributed by atoms with Gasteiger partial charge < -0.3 is 4.89 Å². The van der Waals surface area contributed by atoms with Gasteiger partial charge in [-0.05, 0) is 20.8 Å². The van der Waals surface area contributed by atoms with Gasteiger partial charge in [-0.25, -0.2) is 0 Å². The van der Waals surface area contributed by atoms with Crippen LogP contribution in [0.2, 0.25) is 0 Å². The highest BCUT2D eigenvalue weighted by Crippen LogP contribution is 2.46. The first-order valence-corrected chi connectivity index (χ1v) is 4.77. The van der Waals surface area contributed by atoms with Gasteiger partial charge in [0, 0.05) is 6.92 Å². The van der Waals surface area contributed by atoms with Crippen LogP contribution in [0.4, 0.5) is 0 Å². The Bertz CT molecular complexity index is 203. The molecule has 5 heteroatoms.